The lowest BCUT2D eigenvalue weighted by Gasteiger charge is -2.08. The van der Waals surface area contributed by atoms with Gasteiger partial charge in [0.2, 0.25) is 0 Å². The molecule has 0 saturated carbocycles. The lowest BCUT2D eigenvalue weighted by atomic mass is 10.1. The molecule has 0 saturated heterocycles. The van der Waals surface area contributed by atoms with Crippen molar-refractivity contribution >= 4 is 16.9 Å². The van der Waals surface area contributed by atoms with Crippen LogP contribution in [0.1, 0.15) is 22.8 Å². The van der Waals surface area contributed by atoms with E-state index in [1.165, 1.54) is 6.07 Å². The molecule has 5 heteroatoms. The number of ether oxygens (including phenoxy) is 1. The Kier molecular flexibility index (Phi) is 4.61. The lowest BCUT2D eigenvalue weighted by molar-refractivity contribution is 0.0947. The molecule has 0 unspecified atom stereocenters. The number of benzene rings is 2. The van der Waals surface area contributed by atoms with Crippen LogP contribution in [0.15, 0.2) is 63.8 Å². The first-order chi connectivity index (χ1) is 11.7. The summed E-state index contributed by atoms with van der Waals surface area (Å²) >= 11 is 0. The molecule has 1 aromatic heterocycles. The van der Waals surface area contributed by atoms with Crippen LogP contribution in [0.25, 0.3) is 11.0 Å². The third-order valence-electron chi connectivity index (χ3n) is 3.56. The number of fused-ring (bicyclic) bond motifs is 1. The summed E-state index contributed by atoms with van der Waals surface area (Å²) < 4.78 is 10.8. The maximum atomic E-state index is 12.3. The standard InChI is InChI=1S/C19H17NO4/c1-2-23-16-10-6-9-14-11-15(19(22)24-17(14)16)18(21)20-12-13-7-4-3-5-8-13/h3-11H,2,12H2,1H3,(H,20,21). The molecule has 3 rings (SSSR count). The van der Waals surface area contributed by atoms with Crippen LogP contribution in [0.4, 0.5) is 0 Å². The normalized spacial score (nSPS) is 10.5. The summed E-state index contributed by atoms with van der Waals surface area (Å²) in [5.74, 6) is 0.0275. The average Bonchev–Trinajstić information content (AvgIpc) is 2.61. The molecule has 1 heterocycles. The number of amides is 1. The van der Waals surface area contributed by atoms with Gasteiger partial charge in [-0.2, -0.15) is 0 Å². The van der Waals surface area contributed by atoms with Crippen molar-refractivity contribution in [1.82, 2.24) is 5.32 Å². The Morgan fingerprint density at radius 2 is 1.92 bits per heavy atom. The van der Waals surface area contributed by atoms with E-state index in [0.717, 1.165) is 5.56 Å². The van der Waals surface area contributed by atoms with E-state index in [0.29, 0.717) is 29.9 Å². The van der Waals surface area contributed by atoms with Crippen LogP contribution < -0.4 is 15.7 Å². The summed E-state index contributed by atoms with van der Waals surface area (Å²) in [6.07, 6.45) is 0. The Morgan fingerprint density at radius 3 is 2.67 bits per heavy atom. The van der Waals surface area contributed by atoms with E-state index in [1.54, 1.807) is 18.2 Å². The highest BCUT2D eigenvalue weighted by Crippen LogP contribution is 2.24. The largest absolute Gasteiger partial charge is 0.490 e. The SMILES string of the molecule is CCOc1cccc2cc(C(=O)NCc3ccccc3)c(=O)oc12. The van der Waals surface area contributed by atoms with Gasteiger partial charge >= 0.3 is 5.63 Å². The number of carbonyl (C=O) groups excluding carboxylic acids is 1. The summed E-state index contributed by atoms with van der Waals surface area (Å²) in [4.78, 5) is 24.5. The highest BCUT2D eigenvalue weighted by molar-refractivity contribution is 5.97. The zero-order chi connectivity index (χ0) is 16.9. The molecule has 2 aromatic carbocycles. The Balaban J connectivity index is 1.88. The first kappa shape index (κ1) is 15.8. The second kappa shape index (κ2) is 7.00. The Labute approximate surface area is 138 Å². The van der Waals surface area contributed by atoms with Gasteiger partial charge in [-0.25, -0.2) is 4.79 Å². The number of para-hydroxylation sites is 1. The number of nitrogens with one attached hydrogen (secondary N) is 1. The van der Waals surface area contributed by atoms with Gasteiger partial charge in [0, 0.05) is 11.9 Å². The van der Waals surface area contributed by atoms with Crippen LogP contribution in [0, 0.1) is 0 Å². The number of rotatable bonds is 5. The van der Waals surface area contributed by atoms with Crippen LogP contribution in [-0.2, 0) is 6.54 Å². The van der Waals surface area contributed by atoms with Gasteiger partial charge in [-0.05, 0) is 24.6 Å². The third kappa shape index (κ3) is 3.30. The molecule has 122 valence electrons. The number of carbonyl (C=O) groups is 1. The molecule has 0 spiro atoms. The van der Waals surface area contributed by atoms with Crippen LogP contribution in [-0.4, -0.2) is 12.5 Å². The summed E-state index contributed by atoms with van der Waals surface area (Å²) in [5, 5.41) is 3.37. The molecule has 1 amide bonds. The monoisotopic (exact) mass is 323 g/mol. The highest BCUT2D eigenvalue weighted by Gasteiger charge is 2.15. The molecule has 3 aromatic rings. The Morgan fingerprint density at radius 1 is 1.12 bits per heavy atom. The quantitative estimate of drug-likeness (QED) is 0.733. The molecule has 0 bridgehead atoms. The van der Waals surface area contributed by atoms with Gasteiger partial charge in [0.15, 0.2) is 11.3 Å². The molecular formula is C19H17NO4. The van der Waals surface area contributed by atoms with E-state index in [2.05, 4.69) is 5.32 Å². The van der Waals surface area contributed by atoms with Crippen molar-refractivity contribution in [2.24, 2.45) is 0 Å². The maximum absolute atomic E-state index is 12.3. The van der Waals surface area contributed by atoms with E-state index in [4.69, 9.17) is 9.15 Å². The molecule has 0 aliphatic rings. The molecule has 0 atom stereocenters. The zero-order valence-electron chi connectivity index (χ0n) is 13.2. The highest BCUT2D eigenvalue weighted by atomic mass is 16.5. The fourth-order valence-electron chi connectivity index (χ4n) is 2.42. The minimum atomic E-state index is -0.680. The molecule has 0 aliphatic heterocycles. The smallest absolute Gasteiger partial charge is 0.349 e. The molecule has 24 heavy (non-hydrogen) atoms. The van der Waals surface area contributed by atoms with E-state index in [1.807, 2.05) is 37.3 Å². The van der Waals surface area contributed by atoms with Gasteiger partial charge in [-0.1, -0.05) is 42.5 Å². The van der Waals surface area contributed by atoms with E-state index >= 15 is 0 Å². The predicted molar refractivity (Wildman–Crippen MR) is 91.3 cm³/mol. The Bertz CT molecular complexity index is 916. The van der Waals surface area contributed by atoms with Crippen LogP contribution in [0.3, 0.4) is 0 Å². The molecule has 5 nitrogen and oxygen atoms in total. The fourth-order valence-corrected chi connectivity index (χ4v) is 2.42. The first-order valence-electron chi connectivity index (χ1n) is 7.71. The minimum Gasteiger partial charge on any atom is -0.490 e. The van der Waals surface area contributed by atoms with E-state index in [9.17, 15) is 9.59 Å². The molecule has 1 N–H and O–H groups in total. The van der Waals surface area contributed by atoms with Crippen molar-refractivity contribution in [2.75, 3.05) is 6.61 Å². The molecule has 0 aliphatic carbocycles. The fraction of sp³-hybridized carbons (Fsp3) is 0.158. The van der Waals surface area contributed by atoms with Crippen molar-refractivity contribution in [3.05, 3.63) is 76.1 Å². The third-order valence-corrected chi connectivity index (χ3v) is 3.56. The maximum Gasteiger partial charge on any atom is 0.349 e. The van der Waals surface area contributed by atoms with Crippen molar-refractivity contribution in [3.63, 3.8) is 0 Å². The predicted octanol–water partition coefficient (Wildman–Crippen LogP) is 3.12. The topological polar surface area (TPSA) is 68.5 Å². The van der Waals surface area contributed by atoms with Crippen molar-refractivity contribution in [3.8, 4) is 5.75 Å². The summed E-state index contributed by atoms with van der Waals surface area (Å²) in [6, 6.07) is 16.3. The lowest BCUT2D eigenvalue weighted by Crippen LogP contribution is -2.27. The van der Waals surface area contributed by atoms with Crippen molar-refractivity contribution in [1.29, 1.82) is 0 Å². The Hall–Kier alpha value is -3.08. The van der Waals surface area contributed by atoms with E-state index in [-0.39, 0.29) is 5.56 Å². The van der Waals surface area contributed by atoms with Gasteiger partial charge in [0.25, 0.3) is 5.91 Å². The van der Waals surface area contributed by atoms with Gasteiger partial charge in [-0.3, -0.25) is 4.79 Å². The van der Waals surface area contributed by atoms with E-state index < -0.39 is 11.5 Å². The zero-order valence-corrected chi connectivity index (χ0v) is 13.2. The van der Waals surface area contributed by atoms with Gasteiger partial charge < -0.3 is 14.5 Å². The average molecular weight is 323 g/mol. The minimum absolute atomic E-state index is 0.0212. The van der Waals surface area contributed by atoms with Crippen LogP contribution in [0.2, 0.25) is 0 Å². The number of hydrogen-bond donors (Lipinski definition) is 1. The van der Waals surface area contributed by atoms with Crippen molar-refractivity contribution in [2.45, 2.75) is 13.5 Å². The first-order valence-corrected chi connectivity index (χ1v) is 7.71. The molecule has 0 radical (unpaired) electrons. The molecule has 0 fully saturated rings. The van der Waals surface area contributed by atoms with Crippen LogP contribution >= 0.6 is 0 Å². The van der Waals surface area contributed by atoms with Gasteiger partial charge in [-0.15, -0.1) is 0 Å². The van der Waals surface area contributed by atoms with Crippen molar-refractivity contribution < 1.29 is 13.9 Å². The second-order valence-electron chi connectivity index (χ2n) is 5.22. The second-order valence-corrected chi connectivity index (χ2v) is 5.22. The summed E-state index contributed by atoms with van der Waals surface area (Å²) in [7, 11) is 0. The molecular weight excluding hydrogens is 306 g/mol. The van der Waals surface area contributed by atoms with Gasteiger partial charge in [0.05, 0.1) is 6.61 Å². The summed E-state index contributed by atoms with van der Waals surface area (Å²) in [6.45, 7) is 2.65. The summed E-state index contributed by atoms with van der Waals surface area (Å²) in [5.41, 5.74) is 0.603. The van der Waals surface area contributed by atoms with Crippen LogP contribution in [0.5, 0.6) is 5.75 Å². The number of hydrogen-bond acceptors (Lipinski definition) is 4. The van der Waals surface area contributed by atoms with Gasteiger partial charge in [0.1, 0.15) is 5.56 Å².